The van der Waals surface area contributed by atoms with Crippen LogP contribution < -0.4 is 10.6 Å². The van der Waals surface area contributed by atoms with Crippen LogP contribution in [-0.4, -0.2) is 23.0 Å². The predicted molar refractivity (Wildman–Crippen MR) is 116 cm³/mol. The van der Waals surface area contributed by atoms with Crippen molar-refractivity contribution in [1.29, 1.82) is 0 Å². The lowest BCUT2D eigenvalue weighted by atomic mass is 10.1. The molecule has 0 aliphatic rings. The normalized spacial score (nSPS) is 11.2. The van der Waals surface area contributed by atoms with Gasteiger partial charge in [0.05, 0.1) is 22.8 Å². The SMILES string of the molecule is CN=C(NCc1sc(C)nc1C)NCc1ccnc2ccccc12.I. The zero-order valence-electron chi connectivity index (χ0n) is 14.5. The predicted octanol–water partition coefficient (Wildman–Crippen LogP) is 3.79. The van der Waals surface area contributed by atoms with Crippen molar-refractivity contribution in [3.05, 3.63) is 57.7 Å². The van der Waals surface area contributed by atoms with Crippen LogP contribution in [0.4, 0.5) is 0 Å². The second-order valence-corrected chi connectivity index (χ2v) is 6.80. The molecule has 0 atom stereocenters. The number of rotatable bonds is 4. The zero-order chi connectivity index (χ0) is 16.9. The van der Waals surface area contributed by atoms with Gasteiger partial charge in [-0.15, -0.1) is 35.3 Å². The van der Waals surface area contributed by atoms with Crippen molar-refractivity contribution in [1.82, 2.24) is 20.6 Å². The summed E-state index contributed by atoms with van der Waals surface area (Å²) in [5, 5.41) is 8.98. The highest BCUT2D eigenvalue weighted by Gasteiger charge is 2.07. The van der Waals surface area contributed by atoms with Crippen LogP contribution in [0.3, 0.4) is 0 Å². The number of nitrogens with one attached hydrogen (secondary N) is 2. The molecule has 0 saturated heterocycles. The highest BCUT2D eigenvalue weighted by Crippen LogP contribution is 2.17. The molecule has 3 aromatic rings. The average Bonchev–Trinajstić information content (AvgIpc) is 2.92. The average molecular weight is 467 g/mol. The van der Waals surface area contributed by atoms with Crippen LogP contribution in [0.25, 0.3) is 10.9 Å². The number of thiazole rings is 1. The van der Waals surface area contributed by atoms with Gasteiger partial charge in [0.25, 0.3) is 0 Å². The third-order valence-corrected chi connectivity index (χ3v) is 4.90. The molecule has 0 spiro atoms. The molecule has 0 radical (unpaired) electrons. The molecule has 132 valence electrons. The molecule has 0 bridgehead atoms. The molecule has 0 fully saturated rings. The van der Waals surface area contributed by atoms with Gasteiger partial charge < -0.3 is 10.6 Å². The number of halogens is 1. The first-order valence-corrected chi connectivity index (χ1v) is 8.69. The van der Waals surface area contributed by atoms with Gasteiger partial charge in [0.15, 0.2) is 5.96 Å². The summed E-state index contributed by atoms with van der Waals surface area (Å²) in [7, 11) is 1.78. The Hall–Kier alpha value is -1.74. The van der Waals surface area contributed by atoms with E-state index in [2.05, 4.69) is 31.7 Å². The number of hydrogen-bond donors (Lipinski definition) is 2. The Morgan fingerprint density at radius 1 is 1.12 bits per heavy atom. The van der Waals surface area contributed by atoms with E-state index >= 15 is 0 Å². The lowest BCUT2D eigenvalue weighted by Gasteiger charge is -2.12. The number of guanidine groups is 1. The number of para-hydroxylation sites is 1. The maximum atomic E-state index is 4.45. The van der Waals surface area contributed by atoms with Crippen molar-refractivity contribution in [2.75, 3.05) is 7.05 Å². The third-order valence-electron chi connectivity index (χ3n) is 3.83. The maximum Gasteiger partial charge on any atom is 0.191 e. The lowest BCUT2D eigenvalue weighted by molar-refractivity contribution is 0.814. The number of fused-ring (bicyclic) bond motifs is 1. The van der Waals surface area contributed by atoms with Crippen LogP contribution in [0.1, 0.15) is 21.1 Å². The van der Waals surface area contributed by atoms with E-state index in [4.69, 9.17) is 0 Å². The topological polar surface area (TPSA) is 62.2 Å². The largest absolute Gasteiger partial charge is 0.352 e. The Morgan fingerprint density at radius 2 is 1.88 bits per heavy atom. The number of nitrogens with zero attached hydrogens (tertiary/aromatic N) is 3. The molecule has 0 amide bonds. The van der Waals surface area contributed by atoms with Crippen molar-refractivity contribution in [2.45, 2.75) is 26.9 Å². The Morgan fingerprint density at radius 3 is 2.60 bits per heavy atom. The molecule has 5 nitrogen and oxygen atoms in total. The molecule has 0 aliphatic carbocycles. The van der Waals surface area contributed by atoms with Crippen LogP contribution in [0.15, 0.2) is 41.5 Å². The van der Waals surface area contributed by atoms with Crippen molar-refractivity contribution in [3.8, 4) is 0 Å². The minimum Gasteiger partial charge on any atom is -0.352 e. The van der Waals surface area contributed by atoms with Crippen LogP contribution in [0.2, 0.25) is 0 Å². The van der Waals surface area contributed by atoms with Crippen molar-refractivity contribution in [2.24, 2.45) is 4.99 Å². The first kappa shape index (κ1) is 19.6. The van der Waals surface area contributed by atoms with Gasteiger partial charge in [-0.2, -0.15) is 0 Å². The number of benzene rings is 1. The second kappa shape index (κ2) is 9.10. The Bertz CT molecular complexity index is 870. The van der Waals surface area contributed by atoms with Gasteiger partial charge in [-0.25, -0.2) is 4.98 Å². The first-order valence-electron chi connectivity index (χ1n) is 7.87. The van der Waals surface area contributed by atoms with Gasteiger partial charge in [-0.1, -0.05) is 18.2 Å². The van der Waals surface area contributed by atoms with Gasteiger partial charge in [0.1, 0.15) is 0 Å². The summed E-state index contributed by atoms with van der Waals surface area (Å²) in [4.78, 5) is 14.4. The zero-order valence-corrected chi connectivity index (χ0v) is 17.7. The van der Waals surface area contributed by atoms with E-state index in [9.17, 15) is 0 Å². The fraction of sp³-hybridized carbons (Fsp3) is 0.278. The molecule has 1 aromatic carbocycles. The summed E-state index contributed by atoms with van der Waals surface area (Å²) < 4.78 is 0. The van der Waals surface area contributed by atoms with E-state index in [0.29, 0.717) is 6.54 Å². The van der Waals surface area contributed by atoms with Gasteiger partial charge in [-0.05, 0) is 31.5 Å². The van der Waals surface area contributed by atoms with E-state index in [1.54, 1.807) is 18.4 Å². The highest BCUT2D eigenvalue weighted by molar-refractivity contribution is 14.0. The lowest BCUT2D eigenvalue weighted by Crippen LogP contribution is -2.36. The molecule has 7 heteroatoms. The van der Waals surface area contributed by atoms with Gasteiger partial charge in [-0.3, -0.25) is 9.98 Å². The molecule has 3 rings (SSSR count). The Labute approximate surface area is 169 Å². The molecule has 0 unspecified atom stereocenters. The summed E-state index contributed by atoms with van der Waals surface area (Å²) >= 11 is 1.72. The number of aromatic nitrogens is 2. The molecular formula is C18H22IN5S. The molecule has 0 saturated carbocycles. The fourth-order valence-electron chi connectivity index (χ4n) is 2.61. The van der Waals surface area contributed by atoms with E-state index in [1.807, 2.05) is 44.3 Å². The molecule has 2 N–H and O–H groups in total. The first-order chi connectivity index (χ1) is 11.7. The third kappa shape index (κ3) is 4.88. The summed E-state index contributed by atoms with van der Waals surface area (Å²) in [5.74, 6) is 0.779. The summed E-state index contributed by atoms with van der Waals surface area (Å²) in [6.45, 7) is 5.50. The van der Waals surface area contributed by atoms with E-state index in [0.717, 1.165) is 34.1 Å². The maximum absolute atomic E-state index is 4.45. The standard InChI is InChI=1S/C18H21N5S.HI/c1-12-17(24-13(2)23-12)11-22-18(19-3)21-10-14-8-9-20-16-7-5-4-6-15(14)16;/h4-9H,10-11H2,1-3H3,(H2,19,21,22);1H. The monoisotopic (exact) mass is 467 g/mol. The summed E-state index contributed by atoms with van der Waals surface area (Å²) in [6.07, 6.45) is 1.85. The van der Waals surface area contributed by atoms with E-state index in [-0.39, 0.29) is 24.0 Å². The molecule has 25 heavy (non-hydrogen) atoms. The van der Waals surface area contributed by atoms with Gasteiger partial charge >= 0.3 is 0 Å². The van der Waals surface area contributed by atoms with Crippen LogP contribution >= 0.6 is 35.3 Å². The van der Waals surface area contributed by atoms with Crippen LogP contribution in [0.5, 0.6) is 0 Å². The smallest absolute Gasteiger partial charge is 0.191 e. The summed E-state index contributed by atoms with van der Waals surface area (Å²) in [5.41, 5.74) is 3.30. The number of aryl methyl sites for hydroxylation is 2. The summed E-state index contributed by atoms with van der Waals surface area (Å²) in [6, 6.07) is 10.2. The Kier molecular flexibility index (Phi) is 7.12. The Balaban J connectivity index is 0.00000225. The van der Waals surface area contributed by atoms with Gasteiger partial charge in [0.2, 0.25) is 0 Å². The quantitative estimate of drug-likeness (QED) is 0.348. The molecule has 2 heterocycles. The number of hydrogen-bond acceptors (Lipinski definition) is 4. The molecular weight excluding hydrogens is 445 g/mol. The number of pyridine rings is 1. The number of aliphatic imine (C=N–C) groups is 1. The minimum absolute atomic E-state index is 0. The van der Waals surface area contributed by atoms with Crippen molar-refractivity contribution < 1.29 is 0 Å². The second-order valence-electron chi connectivity index (χ2n) is 5.51. The minimum atomic E-state index is 0. The van der Waals surface area contributed by atoms with E-state index in [1.165, 1.54) is 10.4 Å². The van der Waals surface area contributed by atoms with Crippen molar-refractivity contribution in [3.63, 3.8) is 0 Å². The van der Waals surface area contributed by atoms with Crippen LogP contribution in [0, 0.1) is 13.8 Å². The van der Waals surface area contributed by atoms with Gasteiger partial charge in [0, 0.05) is 30.1 Å². The van der Waals surface area contributed by atoms with Crippen LogP contribution in [-0.2, 0) is 13.1 Å². The highest BCUT2D eigenvalue weighted by atomic mass is 127. The fourth-order valence-corrected chi connectivity index (χ4v) is 3.49. The van der Waals surface area contributed by atoms with Crippen molar-refractivity contribution >= 4 is 52.2 Å². The molecule has 0 aliphatic heterocycles. The molecule has 2 aromatic heterocycles. The van der Waals surface area contributed by atoms with E-state index < -0.39 is 0 Å².